The summed E-state index contributed by atoms with van der Waals surface area (Å²) < 4.78 is 0. The molecule has 0 unspecified atom stereocenters. The van der Waals surface area contributed by atoms with Gasteiger partial charge in [0, 0.05) is 64.5 Å². The Morgan fingerprint density at radius 3 is 1.27 bits per heavy atom. The number of nitrogen functional groups attached to an aromatic ring is 1. The highest BCUT2D eigenvalue weighted by atomic mass is 32.1. The van der Waals surface area contributed by atoms with Gasteiger partial charge in [0.2, 0.25) is 0 Å². The normalized spacial score (nSPS) is 15.4. The van der Waals surface area contributed by atoms with E-state index in [1.807, 2.05) is 62.8 Å². The predicted octanol–water partition coefficient (Wildman–Crippen LogP) is 13.2. The summed E-state index contributed by atoms with van der Waals surface area (Å²) in [7, 11) is 0. The lowest BCUT2D eigenvalue weighted by atomic mass is 9.79. The zero-order chi connectivity index (χ0) is 30.1. The van der Waals surface area contributed by atoms with Crippen LogP contribution in [0.3, 0.4) is 0 Å². The van der Waals surface area contributed by atoms with E-state index >= 15 is 0 Å². The third kappa shape index (κ3) is 3.90. The molecule has 0 fully saturated rings. The second kappa shape index (κ2) is 9.38. The van der Waals surface area contributed by atoms with Crippen molar-refractivity contribution in [2.75, 3.05) is 5.73 Å². The highest BCUT2D eigenvalue weighted by Gasteiger charge is 2.43. The van der Waals surface area contributed by atoms with Gasteiger partial charge in [0.25, 0.3) is 0 Å². The summed E-state index contributed by atoms with van der Waals surface area (Å²) in [5.41, 5.74) is 14.7. The highest BCUT2D eigenvalue weighted by molar-refractivity contribution is 7.28. The number of benzene rings is 1. The van der Waals surface area contributed by atoms with Gasteiger partial charge in [-0.1, -0.05) is 27.7 Å². The van der Waals surface area contributed by atoms with Gasteiger partial charge >= 0.3 is 0 Å². The molecule has 6 aromatic heterocycles. The first kappa shape index (κ1) is 27.5. The minimum absolute atomic E-state index is 0.0302. The van der Waals surface area contributed by atoms with Gasteiger partial charge in [-0.3, -0.25) is 0 Å². The first-order chi connectivity index (χ1) is 21.1. The lowest BCUT2D eigenvalue weighted by Crippen LogP contribution is -2.16. The van der Waals surface area contributed by atoms with Crippen LogP contribution in [0.4, 0.5) is 5.00 Å². The van der Waals surface area contributed by atoms with Gasteiger partial charge in [0.05, 0.1) is 5.00 Å². The molecule has 1 nitrogen and oxygen atoms in total. The number of nitrogens with two attached hydrogens (primary N) is 1. The molecule has 7 heteroatoms. The largest absolute Gasteiger partial charge is 0.391 e. The van der Waals surface area contributed by atoms with E-state index in [0.717, 1.165) is 5.00 Å². The molecule has 2 N–H and O–H groups in total. The number of hydrogen-bond acceptors (Lipinski definition) is 7. The Hall–Kier alpha value is -2.78. The molecule has 1 aromatic carbocycles. The van der Waals surface area contributed by atoms with Crippen molar-refractivity contribution >= 4 is 73.0 Å². The van der Waals surface area contributed by atoms with E-state index in [4.69, 9.17) is 5.73 Å². The van der Waals surface area contributed by atoms with Crippen molar-refractivity contribution in [3.63, 3.8) is 0 Å². The molecular weight excluding hydrogens is 651 g/mol. The lowest BCUT2D eigenvalue weighted by molar-refractivity contribution is 0.653. The predicted molar refractivity (Wildman–Crippen MR) is 200 cm³/mol. The van der Waals surface area contributed by atoms with Crippen LogP contribution in [0.5, 0.6) is 0 Å². The van der Waals surface area contributed by atoms with Crippen molar-refractivity contribution in [1.29, 1.82) is 0 Å². The average molecular weight is 680 g/mol. The third-order valence-electron chi connectivity index (χ3n) is 9.36. The first-order valence-corrected chi connectivity index (χ1v) is 19.6. The molecule has 0 radical (unpaired) electrons. The third-order valence-corrected chi connectivity index (χ3v) is 16.6. The van der Waals surface area contributed by atoms with Crippen molar-refractivity contribution in [3.8, 4) is 59.9 Å². The van der Waals surface area contributed by atoms with Gasteiger partial charge in [0.15, 0.2) is 0 Å². The van der Waals surface area contributed by atoms with E-state index < -0.39 is 0 Å². The molecular formula is C37H29NS6. The molecule has 6 heterocycles. The smallest absolute Gasteiger partial charge is 0.0863 e. The molecule has 44 heavy (non-hydrogen) atoms. The topological polar surface area (TPSA) is 26.0 Å². The zero-order valence-corrected chi connectivity index (χ0v) is 29.9. The van der Waals surface area contributed by atoms with Gasteiger partial charge in [-0.25, -0.2) is 0 Å². The number of aryl methyl sites for hydroxylation is 1. The fourth-order valence-electron chi connectivity index (χ4n) is 6.91. The van der Waals surface area contributed by atoms with Gasteiger partial charge in [-0.05, 0) is 113 Å². The second-order valence-corrected chi connectivity index (χ2v) is 19.5. The fourth-order valence-corrected chi connectivity index (χ4v) is 13.6. The molecule has 218 valence electrons. The molecule has 0 aliphatic heterocycles. The molecule has 0 atom stereocenters. The number of fused-ring (bicyclic) bond motifs is 6. The van der Waals surface area contributed by atoms with Gasteiger partial charge < -0.3 is 5.73 Å². The Balaban J connectivity index is 1.10. The molecule has 0 bridgehead atoms. The molecule has 2 aliphatic rings. The van der Waals surface area contributed by atoms with Crippen molar-refractivity contribution < 1.29 is 0 Å². The highest BCUT2D eigenvalue weighted by Crippen LogP contribution is 2.61. The maximum absolute atomic E-state index is 6.02. The van der Waals surface area contributed by atoms with E-state index in [-0.39, 0.29) is 10.8 Å². The fraction of sp³-hybridized carbons (Fsp3) is 0.189. The van der Waals surface area contributed by atoms with Crippen LogP contribution >= 0.6 is 68.0 Å². The Morgan fingerprint density at radius 1 is 0.432 bits per heavy atom. The van der Waals surface area contributed by atoms with Crippen LogP contribution in [0.15, 0.2) is 72.8 Å². The summed E-state index contributed by atoms with van der Waals surface area (Å²) in [6.07, 6.45) is 0. The summed E-state index contributed by atoms with van der Waals surface area (Å²) in [5, 5.41) is 0.870. The summed E-state index contributed by atoms with van der Waals surface area (Å²) in [6.45, 7) is 11.8. The average Bonchev–Trinajstić information content (AvgIpc) is 3.82. The molecule has 0 saturated carbocycles. The number of anilines is 1. The van der Waals surface area contributed by atoms with Gasteiger partial charge in [-0.2, -0.15) is 0 Å². The molecule has 2 aliphatic carbocycles. The van der Waals surface area contributed by atoms with Crippen molar-refractivity contribution in [2.45, 2.75) is 45.4 Å². The van der Waals surface area contributed by atoms with Gasteiger partial charge in [-0.15, -0.1) is 68.0 Å². The SMILES string of the molecule is Cc1ccc(-c2ccc(-c3cc4c(s3)-c3cc5c(cc3C4(C)C)-c3sc(-c4ccc(-c6ccc(N)s6)s4)cc3C5(C)C)s2)s1. The summed E-state index contributed by atoms with van der Waals surface area (Å²) in [6, 6.07) is 27.8. The van der Waals surface area contributed by atoms with Crippen molar-refractivity contribution in [2.24, 2.45) is 0 Å². The zero-order valence-electron chi connectivity index (χ0n) is 25.0. The number of hydrogen-bond donors (Lipinski definition) is 1. The van der Waals surface area contributed by atoms with E-state index in [0.29, 0.717) is 0 Å². The first-order valence-electron chi connectivity index (χ1n) is 14.7. The number of rotatable bonds is 4. The van der Waals surface area contributed by atoms with E-state index in [9.17, 15) is 0 Å². The molecule has 0 spiro atoms. The summed E-state index contributed by atoms with van der Waals surface area (Å²) in [5.74, 6) is 0. The van der Waals surface area contributed by atoms with Gasteiger partial charge in [0.1, 0.15) is 0 Å². The van der Waals surface area contributed by atoms with Crippen LogP contribution in [-0.4, -0.2) is 0 Å². The standard InChI is InChI=1S/C37H29NS6/c1-18-6-7-25(39-18)26-8-10-29(40-26)31-16-23-34(43-31)19-14-22-20(15-21(19)36(23,2)3)35-24(37(22,4)5)17-32(44-35)30-11-9-27(41-30)28-12-13-33(38)42-28/h6-17H,38H2,1-5H3. The molecule has 7 aromatic rings. The Kier molecular flexibility index (Phi) is 5.87. The lowest BCUT2D eigenvalue weighted by Gasteiger charge is -2.24. The molecule has 9 rings (SSSR count). The van der Waals surface area contributed by atoms with Crippen LogP contribution < -0.4 is 5.73 Å². The van der Waals surface area contributed by atoms with Crippen LogP contribution in [0.25, 0.3) is 59.9 Å². The van der Waals surface area contributed by atoms with Crippen molar-refractivity contribution in [1.82, 2.24) is 0 Å². The Morgan fingerprint density at radius 2 is 0.841 bits per heavy atom. The quantitative estimate of drug-likeness (QED) is 0.197. The maximum atomic E-state index is 6.02. The monoisotopic (exact) mass is 679 g/mol. The van der Waals surface area contributed by atoms with Crippen LogP contribution in [0, 0.1) is 6.92 Å². The Labute approximate surface area is 281 Å². The minimum Gasteiger partial charge on any atom is -0.391 e. The van der Waals surface area contributed by atoms with Crippen molar-refractivity contribution in [3.05, 3.63) is 99.9 Å². The minimum atomic E-state index is -0.0365. The molecule has 0 amide bonds. The Bertz CT molecular complexity index is 2110. The van der Waals surface area contributed by atoms with E-state index in [1.165, 1.54) is 87.0 Å². The van der Waals surface area contributed by atoms with Crippen LogP contribution in [0.1, 0.15) is 54.8 Å². The van der Waals surface area contributed by atoms with Crippen LogP contribution in [-0.2, 0) is 10.8 Å². The second-order valence-electron chi connectivity index (χ2n) is 12.8. The molecule has 0 saturated heterocycles. The summed E-state index contributed by atoms with van der Waals surface area (Å²) >= 11 is 11.3. The maximum Gasteiger partial charge on any atom is 0.0863 e. The van der Waals surface area contributed by atoms with E-state index in [1.54, 1.807) is 11.3 Å². The summed E-state index contributed by atoms with van der Waals surface area (Å²) in [4.78, 5) is 15.0. The van der Waals surface area contributed by atoms with E-state index in [2.05, 4.69) is 101 Å². The number of thiophene rings is 6. The van der Waals surface area contributed by atoms with Crippen LogP contribution in [0.2, 0.25) is 0 Å².